The predicted molar refractivity (Wildman–Crippen MR) is 34.8 cm³/mol. The van der Waals surface area contributed by atoms with Crippen LogP contribution in [-0.2, 0) is 9.53 Å². The van der Waals surface area contributed by atoms with Gasteiger partial charge in [0.25, 0.3) is 0 Å². The van der Waals surface area contributed by atoms with E-state index in [2.05, 4.69) is 6.58 Å². The van der Waals surface area contributed by atoms with Crippen molar-refractivity contribution < 1.29 is 9.53 Å². The van der Waals surface area contributed by atoms with Crippen LogP contribution in [0, 0.1) is 0 Å². The van der Waals surface area contributed by atoms with Crippen LogP contribution in [0.5, 0.6) is 0 Å². The van der Waals surface area contributed by atoms with Crippen LogP contribution in [0.4, 0.5) is 0 Å². The molecule has 0 aliphatic heterocycles. The summed E-state index contributed by atoms with van der Waals surface area (Å²) in [6, 6.07) is 0. The van der Waals surface area contributed by atoms with Crippen LogP contribution in [-0.4, -0.2) is 19.1 Å². The zero-order valence-corrected chi connectivity index (χ0v) is 5.52. The summed E-state index contributed by atoms with van der Waals surface area (Å²) in [6.07, 6.45) is 0. The molecule has 0 spiro atoms. The lowest BCUT2D eigenvalue weighted by Crippen LogP contribution is -2.18. The Morgan fingerprint density at radius 3 is 2.56 bits per heavy atom. The summed E-state index contributed by atoms with van der Waals surface area (Å²) < 4.78 is 4.78. The van der Waals surface area contributed by atoms with Crippen molar-refractivity contribution in [3.8, 4) is 0 Å². The van der Waals surface area contributed by atoms with E-state index < -0.39 is 5.91 Å². The lowest BCUT2D eigenvalue weighted by molar-refractivity contribution is -0.122. The molecule has 0 aromatic rings. The SMILES string of the molecule is C=C(C)COCC(N)=O. The lowest BCUT2D eigenvalue weighted by atomic mass is 10.4. The van der Waals surface area contributed by atoms with E-state index in [1.807, 2.05) is 6.92 Å². The molecule has 3 nitrogen and oxygen atoms in total. The van der Waals surface area contributed by atoms with Gasteiger partial charge in [-0.1, -0.05) is 12.2 Å². The van der Waals surface area contributed by atoms with Gasteiger partial charge in [0, 0.05) is 0 Å². The summed E-state index contributed by atoms with van der Waals surface area (Å²) in [5.41, 5.74) is 5.67. The second kappa shape index (κ2) is 4.09. The highest BCUT2D eigenvalue weighted by Gasteiger charge is 1.91. The third-order valence-corrected chi connectivity index (χ3v) is 0.593. The van der Waals surface area contributed by atoms with Crippen molar-refractivity contribution in [2.75, 3.05) is 13.2 Å². The average Bonchev–Trinajstić information content (AvgIpc) is 1.63. The molecule has 0 fully saturated rings. The van der Waals surface area contributed by atoms with E-state index in [-0.39, 0.29) is 6.61 Å². The van der Waals surface area contributed by atoms with Crippen molar-refractivity contribution in [1.29, 1.82) is 0 Å². The van der Waals surface area contributed by atoms with Crippen LogP contribution < -0.4 is 5.73 Å². The molecule has 0 aromatic heterocycles. The summed E-state index contributed by atoms with van der Waals surface area (Å²) in [6.45, 7) is 5.78. The molecule has 0 unspecified atom stereocenters. The number of carbonyl (C=O) groups excluding carboxylic acids is 1. The number of carbonyl (C=O) groups is 1. The first-order valence-corrected chi connectivity index (χ1v) is 2.63. The number of amides is 1. The van der Waals surface area contributed by atoms with Crippen molar-refractivity contribution in [3.05, 3.63) is 12.2 Å². The van der Waals surface area contributed by atoms with E-state index in [9.17, 15) is 4.79 Å². The number of primary amides is 1. The summed E-state index contributed by atoms with van der Waals surface area (Å²) in [5, 5.41) is 0. The minimum Gasteiger partial charge on any atom is -0.368 e. The molecule has 3 heteroatoms. The maximum atomic E-state index is 10.0. The van der Waals surface area contributed by atoms with Crippen LogP contribution in [0.15, 0.2) is 12.2 Å². The van der Waals surface area contributed by atoms with Crippen molar-refractivity contribution in [2.45, 2.75) is 6.92 Å². The summed E-state index contributed by atoms with van der Waals surface area (Å²) in [7, 11) is 0. The molecule has 2 N–H and O–H groups in total. The largest absolute Gasteiger partial charge is 0.368 e. The highest BCUT2D eigenvalue weighted by molar-refractivity contribution is 5.74. The molecule has 0 saturated heterocycles. The van der Waals surface area contributed by atoms with Crippen LogP contribution in [0.1, 0.15) is 6.92 Å². The molecular formula is C6H11NO2. The third-order valence-electron chi connectivity index (χ3n) is 0.593. The van der Waals surface area contributed by atoms with Gasteiger partial charge in [0.1, 0.15) is 6.61 Å². The van der Waals surface area contributed by atoms with Crippen molar-refractivity contribution in [2.24, 2.45) is 5.73 Å². The van der Waals surface area contributed by atoms with E-state index in [0.717, 1.165) is 5.57 Å². The smallest absolute Gasteiger partial charge is 0.243 e. The fourth-order valence-electron chi connectivity index (χ4n) is 0.326. The van der Waals surface area contributed by atoms with E-state index >= 15 is 0 Å². The Bertz CT molecular complexity index is 106. The standard InChI is InChI=1S/C6H11NO2/c1-5(2)3-9-4-6(7)8/h1,3-4H2,2H3,(H2,7,8). The number of hydrogen-bond donors (Lipinski definition) is 1. The van der Waals surface area contributed by atoms with Gasteiger partial charge < -0.3 is 10.5 Å². The van der Waals surface area contributed by atoms with E-state index in [1.165, 1.54) is 0 Å². The number of nitrogens with two attached hydrogens (primary N) is 1. The van der Waals surface area contributed by atoms with Gasteiger partial charge in [-0.25, -0.2) is 0 Å². The molecule has 52 valence electrons. The Morgan fingerprint density at radius 2 is 2.22 bits per heavy atom. The van der Waals surface area contributed by atoms with Gasteiger partial charge >= 0.3 is 0 Å². The highest BCUT2D eigenvalue weighted by atomic mass is 16.5. The molecule has 0 bridgehead atoms. The second-order valence-electron chi connectivity index (χ2n) is 1.92. The third kappa shape index (κ3) is 7.17. The Morgan fingerprint density at radius 1 is 1.67 bits per heavy atom. The van der Waals surface area contributed by atoms with Gasteiger partial charge in [0.05, 0.1) is 6.61 Å². The van der Waals surface area contributed by atoms with Gasteiger partial charge in [-0.3, -0.25) is 4.79 Å². The number of rotatable bonds is 4. The molecule has 0 rings (SSSR count). The second-order valence-corrected chi connectivity index (χ2v) is 1.92. The molecule has 0 radical (unpaired) electrons. The molecule has 0 aliphatic rings. The van der Waals surface area contributed by atoms with E-state index in [1.54, 1.807) is 0 Å². The molecule has 0 aromatic carbocycles. The van der Waals surface area contributed by atoms with Gasteiger partial charge in [0.2, 0.25) is 5.91 Å². The first kappa shape index (κ1) is 8.17. The fourth-order valence-corrected chi connectivity index (χ4v) is 0.326. The van der Waals surface area contributed by atoms with Crippen molar-refractivity contribution in [1.82, 2.24) is 0 Å². The van der Waals surface area contributed by atoms with E-state index in [4.69, 9.17) is 10.5 Å². The lowest BCUT2D eigenvalue weighted by Gasteiger charge is -1.97. The molecule has 0 heterocycles. The molecular weight excluding hydrogens is 118 g/mol. The van der Waals surface area contributed by atoms with Gasteiger partial charge in [-0.15, -0.1) is 0 Å². The van der Waals surface area contributed by atoms with Gasteiger partial charge in [-0.05, 0) is 6.92 Å². The van der Waals surface area contributed by atoms with Gasteiger partial charge in [0.15, 0.2) is 0 Å². The summed E-state index contributed by atoms with van der Waals surface area (Å²) in [5.74, 6) is -0.448. The van der Waals surface area contributed by atoms with Crippen molar-refractivity contribution in [3.63, 3.8) is 0 Å². The first-order valence-electron chi connectivity index (χ1n) is 2.63. The Labute approximate surface area is 54.5 Å². The molecule has 1 amide bonds. The monoisotopic (exact) mass is 129 g/mol. The molecule has 0 aliphatic carbocycles. The maximum absolute atomic E-state index is 10.0. The molecule has 0 saturated carbocycles. The highest BCUT2D eigenvalue weighted by Crippen LogP contribution is 1.86. The minimum atomic E-state index is -0.448. The van der Waals surface area contributed by atoms with Gasteiger partial charge in [-0.2, -0.15) is 0 Å². The zero-order chi connectivity index (χ0) is 7.28. The van der Waals surface area contributed by atoms with Crippen LogP contribution in [0.25, 0.3) is 0 Å². The maximum Gasteiger partial charge on any atom is 0.243 e. The Kier molecular flexibility index (Phi) is 3.71. The van der Waals surface area contributed by atoms with Crippen LogP contribution >= 0.6 is 0 Å². The Hall–Kier alpha value is -0.830. The molecule has 9 heavy (non-hydrogen) atoms. The Balaban J connectivity index is 3.10. The fraction of sp³-hybridized carbons (Fsp3) is 0.500. The zero-order valence-electron chi connectivity index (χ0n) is 5.52. The minimum absolute atomic E-state index is 0.0210. The van der Waals surface area contributed by atoms with Crippen LogP contribution in [0.2, 0.25) is 0 Å². The predicted octanol–water partition coefficient (Wildman–Crippen LogP) is 0.0644. The number of ether oxygens (including phenoxy) is 1. The normalized spacial score (nSPS) is 9.00. The summed E-state index contributed by atoms with van der Waals surface area (Å²) >= 11 is 0. The number of hydrogen-bond acceptors (Lipinski definition) is 2. The van der Waals surface area contributed by atoms with E-state index in [0.29, 0.717) is 6.61 Å². The first-order chi connectivity index (χ1) is 4.13. The van der Waals surface area contributed by atoms with Crippen molar-refractivity contribution >= 4 is 5.91 Å². The summed E-state index contributed by atoms with van der Waals surface area (Å²) in [4.78, 5) is 10.0. The quantitative estimate of drug-likeness (QED) is 0.546. The van der Waals surface area contributed by atoms with Crippen LogP contribution in [0.3, 0.4) is 0 Å². The average molecular weight is 129 g/mol. The molecule has 0 atom stereocenters. The topological polar surface area (TPSA) is 52.3 Å².